The zero-order valence-corrected chi connectivity index (χ0v) is 18.7. The molecule has 0 saturated heterocycles. The van der Waals surface area contributed by atoms with Crippen LogP contribution in [-0.2, 0) is 16.6 Å². The predicted octanol–water partition coefficient (Wildman–Crippen LogP) is 2.66. The highest BCUT2D eigenvalue weighted by Crippen LogP contribution is 2.31. The number of halogens is 1. The first-order chi connectivity index (χ1) is 14.8. The summed E-state index contributed by atoms with van der Waals surface area (Å²) in [4.78, 5) is 0. The van der Waals surface area contributed by atoms with Crippen LogP contribution in [0.5, 0.6) is 5.75 Å². The van der Waals surface area contributed by atoms with Gasteiger partial charge in [-0.1, -0.05) is 12.1 Å². The molecule has 0 unspecified atom stereocenters. The fourth-order valence-electron chi connectivity index (χ4n) is 2.74. The van der Waals surface area contributed by atoms with Gasteiger partial charge in [-0.2, -0.15) is 5.26 Å². The molecule has 0 aliphatic carbocycles. The largest absolute Gasteiger partial charge is 0.489 e. The number of benzene rings is 2. The maximum atomic E-state index is 14.2. The van der Waals surface area contributed by atoms with E-state index in [4.69, 9.17) is 10.00 Å². The molecule has 0 aliphatic heterocycles. The molecule has 3 aromatic rings. The summed E-state index contributed by atoms with van der Waals surface area (Å²) < 4.78 is 50.5. The summed E-state index contributed by atoms with van der Waals surface area (Å²) in [5.74, 6) is -0.0762. The second-order valence-electron chi connectivity index (χ2n) is 6.88. The Bertz CT molecular complexity index is 1260. The maximum Gasteiger partial charge on any atom is 0.250 e. The summed E-state index contributed by atoms with van der Waals surface area (Å²) in [5.41, 5.74) is -0.0135. The van der Waals surface area contributed by atoms with Gasteiger partial charge in [0.1, 0.15) is 35.0 Å². The zero-order chi connectivity index (χ0) is 22.4. The van der Waals surface area contributed by atoms with E-state index in [0.29, 0.717) is 18.9 Å². The molecule has 1 heterocycles. The molecule has 7 nitrogen and oxygen atoms in total. The number of sulfonamides is 1. The van der Waals surface area contributed by atoms with Crippen molar-refractivity contribution >= 4 is 37.8 Å². The van der Waals surface area contributed by atoms with Crippen molar-refractivity contribution < 1.29 is 22.1 Å². The fraction of sp³-hybridized carbons (Fsp3) is 0.238. The number of thiophene rings is 1. The molecule has 162 valence electrons. The van der Waals surface area contributed by atoms with Crippen LogP contribution in [0.2, 0.25) is 0 Å². The topological polar surface area (TPSA) is 94.2 Å². The third-order valence-electron chi connectivity index (χ3n) is 4.25. The van der Waals surface area contributed by atoms with E-state index in [1.165, 1.54) is 18.2 Å². The summed E-state index contributed by atoms with van der Waals surface area (Å²) in [6.07, 6.45) is 1.83. The minimum absolute atomic E-state index is 0.111. The molecule has 31 heavy (non-hydrogen) atoms. The Morgan fingerprint density at radius 2 is 2.06 bits per heavy atom. The smallest absolute Gasteiger partial charge is 0.250 e. The van der Waals surface area contributed by atoms with Crippen molar-refractivity contribution in [2.75, 3.05) is 27.2 Å². The Balaban J connectivity index is 1.69. The van der Waals surface area contributed by atoms with Gasteiger partial charge < -0.3 is 4.74 Å². The van der Waals surface area contributed by atoms with Gasteiger partial charge in [0.15, 0.2) is 0 Å². The van der Waals surface area contributed by atoms with Crippen LogP contribution >= 0.6 is 11.3 Å². The standard InChI is InChI=1S/C21H21FN4O3S2/c1-26(2)14-24-8-9-29-18-6-7-19-17(10-18)11-20(30-19)31(27,28)25-13-16-5-3-4-15(12-23)21(16)22/h3-7,10-11,14,25H,8-9,13H2,1-2H3/p+1. The molecule has 0 fully saturated rings. The lowest BCUT2D eigenvalue weighted by Crippen LogP contribution is -2.23. The van der Waals surface area contributed by atoms with Crippen molar-refractivity contribution in [3.63, 3.8) is 0 Å². The molecular formula is C21H22FN4O3S2+. The number of fused-ring (bicyclic) bond motifs is 1. The number of rotatable bonds is 9. The van der Waals surface area contributed by atoms with Gasteiger partial charge in [0.2, 0.25) is 16.4 Å². The lowest BCUT2D eigenvalue weighted by molar-refractivity contribution is -0.461. The number of nitriles is 1. The van der Waals surface area contributed by atoms with Crippen molar-refractivity contribution in [2.45, 2.75) is 10.8 Å². The molecule has 0 saturated carbocycles. The van der Waals surface area contributed by atoms with E-state index in [2.05, 4.69) is 10.0 Å². The van der Waals surface area contributed by atoms with Crippen LogP contribution in [0.3, 0.4) is 0 Å². The van der Waals surface area contributed by atoms with E-state index in [1.807, 2.05) is 31.1 Å². The Kier molecular flexibility index (Phi) is 7.22. The fourth-order valence-corrected chi connectivity index (χ4v) is 5.17. The third-order valence-corrected chi connectivity index (χ3v) is 7.24. The first kappa shape index (κ1) is 22.7. The van der Waals surface area contributed by atoms with E-state index in [9.17, 15) is 12.8 Å². The van der Waals surface area contributed by atoms with E-state index in [1.54, 1.807) is 24.3 Å². The van der Waals surface area contributed by atoms with Crippen molar-refractivity contribution in [1.29, 1.82) is 5.26 Å². The van der Waals surface area contributed by atoms with Crippen LogP contribution in [0, 0.1) is 17.1 Å². The van der Waals surface area contributed by atoms with E-state index >= 15 is 0 Å². The summed E-state index contributed by atoms with van der Waals surface area (Å²) in [5, 5.41) is 12.8. The molecule has 10 heteroatoms. The molecule has 0 atom stereocenters. The minimum atomic E-state index is -3.84. The normalized spacial score (nSPS) is 11.2. The molecule has 0 spiro atoms. The minimum Gasteiger partial charge on any atom is -0.489 e. The van der Waals surface area contributed by atoms with Gasteiger partial charge in [0.05, 0.1) is 19.7 Å². The van der Waals surface area contributed by atoms with Crippen molar-refractivity contribution in [2.24, 2.45) is 0 Å². The third kappa shape index (κ3) is 5.79. The number of nitrogens with zero attached hydrogens (tertiary/aromatic N) is 2. The summed E-state index contributed by atoms with van der Waals surface area (Å²) in [7, 11) is -0.0117. The first-order valence-corrected chi connectivity index (χ1v) is 11.7. The lowest BCUT2D eigenvalue weighted by atomic mass is 10.1. The molecule has 0 radical (unpaired) electrons. The number of hydrogen-bond donors (Lipinski definition) is 2. The Morgan fingerprint density at radius 3 is 2.81 bits per heavy atom. The van der Waals surface area contributed by atoms with Crippen molar-refractivity contribution in [3.8, 4) is 11.8 Å². The molecule has 0 amide bonds. The Labute approximate surface area is 184 Å². The van der Waals surface area contributed by atoms with Gasteiger partial charge in [-0.3, -0.25) is 9.89 Å². The molecule has 2 N–H and O–H groups in total. The molecule has 3 rings (SSSR count). The molecule has 2 aromatic carbocycles. The number of hydrogen-bond acceptors (Lipinski definition) is 5. The summed E-state index contributed by atoms with van der Waals surface area (Å²) >= 11 is 1.12. The molecule has 0 bridgehead atoms. The van der Waals surface area contributed by atoms with Crippen LogP contribution in [0.4, 0.5) is 4.39 Å². The summed E-state index contributed by atoms with van der Waals surface area (Å²) in [6, 6.07) is 13.0. The van der Waals surface area contributed by atoms with Crippen molar-refractivity contribution in [1.82, 2.24) is 10.0 Å². The Hall–Kier alpha value is -3.00. The van der Waals surface area contributed by atoms with E-state index in [0.717, 1.165) is 21.4 Å². The Morgan fingerprint density at radius 1 is 1.26 bits per heavy atom. The highest BCUT2D eigenvalue weighted by Gasteiger charge is 2.19. The lowest BCUT2D eigenvalue weighted by Gasteiger charge is -2.06. The van der Waals surface area contributed by atoms with Gasteiger partial charge in [-0.15, -0.1) is 11.3 Å². The summed E-state index contributed by atoms with van der Waals surface area (Å²) in [6.45, 7) is 0.843. The van der Waals surface area contributed by atoms with Gasteiger partial charge in [0.25, 0.3) is 0 Å². The van der Waals surface area contributed by atoms with Crippen LogP contribution in [0.25, 0.3) is 10.1 Å². The first-order valence-electron chi connectivity index (χ1n) is 9.37. The second-order valence-corrected chi connectivity index (χ2v) is 9.95. The van der Waals surface area contributed by atoms with Gasteiger partial charge in [-0.25, -0.2) is 17.5 Å². The highest BCUT2D eigenvalue weighted by molar-refractivity contribution is 7.91. The SMILES string of the molecule is C[N+](C)=CNCCOc1ccc2sc(S(=O)(=O)NCc3cccc(C#N)c3F)cc2c1. The quantitative estimate of drug-likeness (QED) is 0.221. The highest BCUT2D eigenvalue weighted by atomic mass is 32.2. The van der Waals surface area contributed by atoms with Crippen LogP contribution in [0.15, 0.2) is 46.7 Å². The van der Waals surface area contributed by atoms with Gasteiger partial charge in [0, 0.05) is 16.8 Å². The van der Waals surface area contributed by atoms with Crippen LogP contribution in [-0.4, -0.2) is 46.6 Å². The maximum absolute atomic E-state index is 14.2. The molecular weight excluding hydrogens is 439 g/mol. The second kappa shape index (κ2) is 9.87. The average molecular weight is 462 g/mol. The zero-order valence-electron chi connectivity index (χ0n) is 17.1. The van der Waals surface area contributed by atoms with E-state index in [-0.39, 0.29) is 21.9 Å². The average Bonchev–Trinajstić information content (AvgIpc) is 3.17. The van der Waals surface area contributed by atoms with Gasteiger partial charge in [-0.05, 0) is 35.7 Å². The molecule has 0 aliphatic rings. The van der Waals surface area contributed by atoms with Crippen molar-refractivity contribution in [3.05, 3.63) is 59.4 Å². The van der Waals surface area contributed by atoms with Crippen LogP contribution in [0.1, 0.15) is 11.1 Å². The predicted molar refractivity (Wildman–Crippen MR) is 119 cm³/mol. The molecule has 1 aromatic heterocycles. The number of nitrogens with one attached hydrogen (secondary N) is 2. The van der Waals surface area contributed by atoms with E-state index < -0.39 is 15.8 Å². The van der Waals surface area contributed by atoms with Gasteiger partial charge >= 0.3 is 0 Å². The van der Waals surface area contributed by atoms with Crippen LogP contribution < -0.4 is 14.8 Å². The monoisotopic (exact) mass is 461 g/mol. The number of ether oxygens (including phenoxy) is 1.